The van der Waals surface area contributed by atoms with Gasteiger partial charge < -0.3 is 15.0 Å². The molecule has 1 atom stereocenters. The van der Waals surface area contributed by atoms with Crippen LogP contribution in [0.3, 0.4) is 0 Å². The van der Waals surface area contributed by atoms with Crippen molar-refractivity contribution in [1.82, 2.24) is 9.88 Å². The number of hydrogen-bond acceptors (Lipinski definition) is 4. The average Bonchev–Trinajstić information content (AvgIpc) is 2.65. The number of carbonyl (C=O) groups excluding carboxylic acids is 1. The summed E-state index contributed by atoms with van der Waals surface area (Å²) in [6, 6.07) is 2.06. The topological polar surface area (TPSA) is 54.5 Å². The van der Waals surface area contributed by atoms with E-state index >= 15 is 0 Å². The molecule has 0 spiro atoms. The van der Waals surface area contributed by atoms with Gasteiger partial charge in [0.25, 0.3) is 0 Å². The number of ether oxygens (including phenoxy) is 1. The van der Waals surface area contributed by atoms with Crippen molar-refractivity contribution in [2.45, 2.75) is 51.7 Å². The summed E-state index contributed by atoms with van der Waals surface area (Å²) in [5.41, 5.74) is 0.393. The molecule has 5 nitrogen and oxygen atoms in total. The highest BCUT2D eigenvalue weighted by atomic mass is 35.5. The number of halogens is 1. The Morgan fingerprint density at radius 1 is 1.41 bits per heavy atom. The fraction of sp³-hybridized carbons (Fsp3) is 0.625. The standard InChI is InChI=1S/C16H24ClN3O2/c1-16(2,3)22-15(21)20-9-4-5-12(7-10-20)19-14-11-18-8-6-13(14)17/h6,8,11-12,19H,4-5,7,9-10H2,1-3H3. The van der Waals surface area contributed by atoms with E-state index in [1.807, 2.05) is 20.8 Å². The predicted octanol–water partition coefficient (Wildman–Crippen LogP) is 3.94. The average molecular weight is 326 g/mol. The molecule has 1 N–H and O–H groups in total. The molecule has 0 bridgehead atoms. The van der Waals surface area contributed by atoms with Gasteiger partial charge in [0.05, 0.1) is 16.9 Å². The SMILES string of the molecule is CC(C)(C)OC(=O)N1CCCC(Nc2cnccc2Cl)CC1. The molecule has 1 aromatic heterocycles. The molecular weight excluding hydrogens is 302 g/mol. The Morgan fingerprint density at radius 3 is 2.86 bits per heavy atom. The summed E-state index contributed by atoms with van der Waals surface area (Å²) < 4.78 is 5.44. The number of nitrogens with zero attached hydrogens (tertiary/aromatic N) is 2. The minimum atomic E-state index is -0.454. The number of anilines is 1. The van der Waals surface area contributed by atoms with Crippen molar-refractivity contribution in [3.8, 4) is 0 Å². The first-order valence-corrected chi connectivity index (χ1v) is 8.07. The quantitative estimate of drug-likeness (QED) is 0.895. The van der Waals surface area contributed by atoms with E-state index in [1.54, 1.807) is 23.4 Å². The number of carbonyl (C=O) groups is 1. The third-order valence-corrected chi connectivity index (χ3v) is 3.84. The molecule has 6 heteroatoms. The molecule has 2 rings (SSSR count). The van der Waals surface area contributed by atoms with Gasteiger partial charge in [-0.25, -0.2) is 4.79 Å². The second-order valence-corrected chi connectivity index (χ2v) is 7.00. The van der Waals surface area contributed by atoms with E-state index in [0.717, 1.165) is 31.5 Å². The van der Waals surface area contributed by atoms with Crippen molar-refractivity contribution in [1.29, 1.82) is 0 Å². The highest BCUT2D eigenvalue weighted by molar-refractivity contribution is 6.33. The van der Waals surface area contributed by atoms with Crippen LogP contribution in [0.1, 0.15) is 40.0 Å². The Hall–Kier alpha value is -1.49. The summed E-state index contributed by atoms with van der Waals surface area (Å²) >= 11 is 6.15. The summed E-state index contributed by atoms with van der Waals surface area (Å²) in [5, 5.41) is 4.09. The molecule has 0 radical (unpaired) electrons. The van der Waals surface area contributed by atoms with Crippen LogP contribution in [0.25, 0.3) is 0 Å². The summed E-state index contributed by atoms with van der Waals surface area (Å²) in [6.07, 6.45) is 5.97. The van der Waals surface area contributed by atoms with Gasteiger partial charge in [-0.3, -0.25) is 4.98 Å². The smallest absolute Gasteiger partial charge is 0.410 e. The maximum Gasteiger partial charge on any atom is 0.410 e. The van der Waals surface area contributed by atoms with Gasteiger partial charge >= 0.3 is 6.09 Å². The largest absolute Gasteiger partial charge is 0.444 e. The molecule has 1 saturated heterocycles. The Morgan fingerprint density at radius 2 is 2.18 bits per heavy atom. The molecule has 0 aromatic carbocycles. The molecule has 122 valence electrons. The van der Waals surface area contributed by atoms with Gasteiger partial charge in [-0.1, -0.05) is 11.6 Å². The van der Waals surface area contributed by atoms with Crippen LogP contribution in [-0.4, -0.2) is 40.7 Å². The first-order valence-electron chi connectivity index (χ1n) is 7.69. The van der Waals surface area contributed by atoms with Gasteiger partial charge in [-0.2, -0.15) is 0 Å². The molecule has 1 aromatic rings. The maximum absolute atomic E-state index is 12.1. The summed E-state index contributed by atoms with van der Waals surface area (Å²) in [7, 11) is 0. The molecule has 1 amide bonds. The molecule has 1 unspecified atom stereocenters. The zero-order valence-electron chi connectivity index (χ0n) is 13.4. The molecule has 1 aliphatic rings. The number of nitrogens with one attached hydrogen (secondary N) is 1. The van der Waals surface area contributed by atoms with Crippen molar-refractivity contribution < 1.29 is 9.53 Å². The monoisotopic (exact) mass is 325 g/mol. The second-order valence-electron chi connectivity index (χ2n) is 6.60. The summed E-state index contributed by atoms with van der Waals surface area (Å²) in [5.74, 6) is 0. The lowest BCUT2D eigenvalue weighted by atomic mass is 10.1. The van der Waals surface area contributed by atoms with Crippen LogP contribution in [0.4, 0.5) is 10.5 Å². The predicted molar refractivity (Wildman–Crippen MR) is 88.3 cm³/mol. The van der Waals surface area contributed by atoms with Crippen LogP contribution >= 0.6 is 11.6 Å². The first-order chi connectivity index (χ1) is 10.3. The number of hydrogen-bond donors (Lipinski definition) is 1. The van der Waals surface area contributed by atoms with E-state index in [2.05, 4.69) is 10.3 Å². The Balaban J connectivity index is 1.90. The van der Waals surface area contributed by atoms with E-state index in [9.17, 15) is 4.79 Å². The lowest BCUT2D eigenvalue weighted by Gasteiger charge is -2.26. The Bertz CT molecular complexity index is 516. The van der Waals surface area contributed by atoms with Crippen molar-refractivity contribution >= 4 is 23.4 Å². The first kappa shape index (κ1) is 16.9. The van der Waals surface area contributed by atoms with E-state index in [4.69, 9.17) is 16.3 Å². The lowest BCUT2D eigenvalue weighted by Crippen LogP contribution is -2.37. The number of pyridine rings is 1. The summed E-state index contributed by atoms with van der Waals surface area (Å²) in [4.78, 5) is 18.0. The van der Waals surface area contributed by atoms with Gasteiger partial charge in [0, 0.05) is 25.3 Å². The van der Waals surface area contributed by atoms with Gasteiger partial charge in [0.2, 0.25) is 0 Å². The number of rotatable bonds is 2. The van der Waals surface area contributed by atoms with Crippen LogP contribution in [0.2, 0.25) is 5.02 Å². The molecule has 1 aliphatic heterocycles. The van der Waals surface area contributed by atoms with Gasteiger partial charge in [-0.05, 0) is 46.1 Å². The van der Waals surface area contributed by atoms with Crippen molar-refractivity contribution in [2.75, 3.05) is 18.4 Å². The van der Waals surface area contributed by atoms with Crippen LogP contribution < -0.4 is 5.32 Å². The molecule has 2 heterocycles. The molecule has 0 saturated carbocycles. The Labute approximate surface area is 137 Å². The fourth-order valence-electron chi connectivity index (χ4n) is 2.45. The normalized spacial score (nSPS) is 19.5. The van der Waals surface area contributed by atoms with E-state index in [0.29, 0.717) is 11.6 Å². The zero-order chi connectivity index (χ0) is 16.2. The van der Waals surface area contributed by atoms with E-state index < -0.39 is 5.60 Å². The van der Waals surface area contributed by atoms with Gasteiger partial charge in [-0.15, -0.1) is 0 Å². The highest BCUT2D eigenvalue weighted by Crippen LogP contribution is 2.23. The van der Waals surface area contributed by atoms with E-state index in [1.165, 1.54) is 0 Å². The lowest BCUT2D eigenvalue weighted by molar-refractivity contribution is 0.0256. The van der Waals surface area contributed by atoms with Gasteiger partial charge in [0.1, 0.15) is 5.60 Å². The summed E-state index contributed by atoms with van der Waals surface area (Å²) in [6.45, 7) is 7.07. The van der Waals surface area contributed by atoms with Crippen LogP contribution in [0.15, 0.2) is 18.5 Å². The minimum Gasteiger partial charge on any atom is -0.444 e. The van der Waals surface area contributed by atoms with Crippen molar-refractivity contribution in [2.24, 2.45) is 0 Å². The van der Waals surface area contributed by atoms with Crippen LogP contribution in [0, 0.1) is 0 Å². The molecule has 0 aliphatic carbocycles. The van der Waals surface area contributed by atoms with E-state index in [-0.39, 0.29) is 12.1 Å². The minimum absolute atomic E-state index is 0.229. The third-order valence-electron chi connectivity index (χ3n) is 3.51. The second kappa shape index (κ2) is 7.18. The fourth-order valence-corrected chi connectivity index (χ4v) is 2.61. The highest BCUT2D eigenvalue weighted by Gasteiger charge is 2.25. The number of aromatic nitrogens is 1. The molecule has 1 fully saturated rings. The Kier molecular flexibility index (Phi) is 5.51. The van der Waals surface area contributed by atoms with Crippen molar-refractivity contribution in [3.05, 3.63) is 23.5 Å². The number of amides is 1. The van der Waals surface area contributed by atoms with Crippen LogP contribution in [0.5, 0.6) is 0 Å². The maximum atomic E-state index is 12.1. The van der Waals surface area contributed by atoms with Crippen molar-refractivity contribution in [3.63, 3.8) is 0 Å². The van der Waals surface area contributed by atoms with Gasteiger partial charge in [0.15, 0.2) is 0 Å². The zero-order valence-corrected chi connectivity index (χ0v) is 14.2. The van der Waals surface area contributed by atoms with Crippen LogP contribution in [-0.2, 0) is 4.74 Å². The number of likely N-dealkylation sites (tertiary alicyclic amines) is 1. The molecular formula is C16H24ClN3O2. The molecule has 22 heavy (non-hydrogen) atoms. The third kappa shape index (κ3) is 5.05.